The summed E-state index contributed by atoms with van der Waals surface area (Å²) in [6.07, 6.45) is 0.631. The third-order valence-corrected chi connectivity index (χ3v) is 2.88. The van der Waals surface area contributed by atoms with Crippen LogP contribution in [0.25, 0.3) is 0 Å². The molecular formula is C12H16N2O4. The van der Waals surface area contributed by atoms with Crippen molar-refractivity contribution >= 4 is 11.7 Å². The Balaban J connectivity index is 2.91. The van der Waals surface area contributed by atoms with Crippen LogP contribution >= 0.6 is 0 Å². The maximum absolute atomic E-state index is 10.8. The molecule has 6 heteroatoms. The van der Waals surface area contributed by atoms with Gasteiger partial charge in [-0.05, 0) is 18.4 Å². The predicted octanol–water partition coefficient (Wildman–Crippen LogP) is 1.72. The van der Waals surface area contributed by atoms with E-state index in [2.05, 4.69) is 0 Å². The van der Waals surface area contributed by atoms with Gasteiger partial charge in [0.15, 0.2) is 0 Å². The van der Waals surface area contributed by atoms with E-state index >= 15 is 0 Å². The van der Waals surface area contributed by atoms with E-state index < -0.39 is 16.4 Å². The second-order valence-electron chi connectivity index (χ2n) is 4.39. The molecule has 1 aromatic carbocycles. The van der Waals surface area contributed by atoms with E-state index in [1.165, 1.54) is 12.1 Å². The number of nitrogens with two attached hydrogens (primary N) is 1. The molecule has 1 aromatic rings. The average molecular weight is 252 g/mol. The second kappa shape index (κ2) is 5.59. The molecule has 1 rings (SSSR count). The lowest BCUT2D eigenvalue weighted by atomic mass is 9.86. The number of nitro groups is 1. The molecular weight excluding hydrogens is 236 g/mol. The van der Waals surface area contributed by atoms with Crippen molar-refractivity contribution in [3.8, 4) is 0 Å². The summed E-state index contributed by atoms with van der Waals surface area (Å²) in [5.74, 6) is -0.968. The highest BCUT2D eigenvalue weighted by molar-refractivity contribution is 5.68. The van der Waals surface area contributed by atoms with Crippen LogP contribution < -0.4 is 5.73 Å². The van der Waals surface area contributed by atoms with Crippen molar-refractivity contribution in [2.24, 2.45) is 5.73 Å². The monoisotopic (exact) mass is 252 g/mol. The minimum atomic E-state index is -0.968. The maximum atomic E-state index is 10.8. The van der Waals surface area contributed by atoms with E-state index in [0.29, 0.717) is 18.4 Å². The molecule has 0 saturated carbocycles. The molecule has 0 amide bonds. The second-order valence-corrected chi connectivity index (χ2v) is 4.39. The largest absolute Gasteiger partial charge is 0.481 e. The predicted molar refractivity (Wildman–Crippen MR) is 66.3 cm³/mol. The minimum Gasteiger partial charge on any atom is -0.481 e. The van der Waals surface area contributed by atoms with Gasteiger partial charge in [0.25, 0.3) is 5.69 Å². The number of carboxylic acids is 1. The van der Waals surface area contributed by atoms with Gasteiger partial charge < -0.3 is 10.8 Å². The Bertz CT molecular complexity index is 461. The number of rotatable bonds is 6. The van der Waals surface area contributed by atoms with Crippen molar-refractivity contribution in [3.05, 3.63) is 39.9 Å². The van der Waals surface area contributed by atoms with Gasteiger partial charge in [0.05, 0.1) is 11.3 Å². The van der Waals surface area contributed by atoms with Crippen molar-refractivity contribution in [1.29, 1.82) is 0 Å². The highest BCUT2D eigenvalue weighted by atomic mass is 16.6. The third-order valence-electron chi connectivity index (χ3n) is 2.88. The smallest absolute Gasteiger partial charge is 0.305 e. The molecule has 0 aliphatic rings. The quantitative estimate of drug-likeness (QED) is 0.592. The molecule has 1 atom stereocenters. The summed E-state index contributed by atoms with van der Waals surface area (Å²) >= 11 is 0. The fourth-order valence-corrected chi connectivity index (χ4v) is 1.80. The summed E-state index contributed by atoms with van der Waals surface area (Å²) < 4.78 is 0. The van der Waals surface area contributed by atoms with Crippen molar-refractivity contribution in [3.63, 3.8) is 0 Å². The summed E-state index contributed by atoms with van der Waals surface area (Å²) in [6, 6.07) is 6.11. The van der Waals surface area contributed by atoms with E-state index in [0.717, 1.165) is 0 Å². The molecule has 0 aliphatic heterocycles. The highest BCUT2D eigenvalue weighted by Gasteiger charge is 2.27. The van der Waals surface area contributed by atoms with Gasteiger partial charge in [-0.15, -0.1) is 0 Å². The van der Waals surface area contributed by atoms with Gasteiger partial charge in [-0.3, -0.25) is 14.9 Å². The summed E-state index contributed by atoms with van der Waals surface area (Å²) in [7, 11) is 0. The first-order valence-electron chi connectivity index (χ1n) is 5.60. The van der Waals surface area contributed by atoms with E-state index in [1.807, 2.05) is 0 Å². The summed E-state index contributed by atoms with van der Waals surface area (Å²) in [5, 5.41) is 19.5. The number of carbonyl (C=O) groups is 1. The maximum Gasteiger partial charge on any atom is 0.305 e. The van der Waals surface area contributed by atoms with E-state index in [1.54, 1.807) is 19.1 Å². The molecule has 6 nitrogen and oxygen atoms in total. The fourth-order valence-electron chi connectivity index (χ4n) is 1.80. The zero-order valence-corrected chi connectivity index (χ0v) is 10.1. The van der Waals surface area contributed by atoms with Crippen LogP contribution in [0.2, 0.25) is 0 Å². The van der Waals surface area contributed by atoms with Gasteiger partial charge in [0, 0.05) is 17.7 Å². The van der Waals surface area contributed by atoms with Gasteiger partial charge in [0.2, 0.25) is 0 Å². The van der Waals surface area contributed by atoms with Gasteiger partial charge in [-0.25, -0.2) is 0 Å². The molecule has 98 valence electrons. The standard InChI is InChI=1S/C12H16N2O4/c1-2-12(13,8-11(15)16)7-9-4-3-5-10(6-9)14(17)18/h3-6H,2,7-8,13H2,1H3,(H,15,16)/t12-/m0/s1. The van der Waals surface area contributed by atoms with Crippen LogP contribution in [-0.2, 0) is 11.2 Å². The van der Waals surface area contributed by atoms with Crippen molar-refractivity contribution in [1.82, 2.24) is 0 Å². The molecule has 0 heterocycles. The van der Waals surface area contributed by atoms with E-state index in [-0.39, 0.29) is 12.1 Å². The number of nitro benzene ring substituents is 1. The molecule has 18 heavy (non-hydrogen) atoms. The molecule has 0 radical (unpaired) electrons. The molecule has 3 N–H and O–H groups in total. The summed E-state index contributed by atoms with van der Waals surface area (Å²) in [4.78, 5) is 20.9. The Morgan fingerprint density at radius 2 is 2.22 bits per heavy atom. The van der Waals surface area contributed by atoms with Crippen LogP contribution in [-0.4, -0.2) is 21.5 Å². The van der Waals surface area contributed by atoms with Crippen LogP contribution in [0, 0.1) is 10.1 Å². The Hall–Kier alpha value is -1.95. The topological polar surface area (TPSA) is 106 Å². The lowest BCUT2D eigenvalue weighted by Crippen LogP contribution is -2.43. The van der Waals surface area contributed by atoms with Crippen molar-refractivity contribution < 1.29 is 14.8 Å². The number of hydrogen-bond donors (Lipinski definition) is 2. The van der Waals surface area contributed by atoms with Gasteiger partial charge in [-0.2, -0.15) is 0 Å². The first-order valence-corrected chi connectivity index (χ1v) is 5.60. The van der Waals surface area contributed by atoms with Crippen molar-refractivity contribution in [2.45, 2.75) is 31.7 Å². The SMILES string of the molecule is CC[C@@](N)(CC(=O)O)Cc1cccc([N+](=O)[O-])c1. The first-order chi connectivity index (χ1) is 8.36. The normalized spacial score (nSPS) is 13.9. The fraction of sp³-hybridized carbons (Fsp3) is 0.417. The average Bonchev–Trinajstić information content (AvgIpc) is 2.28. The number of carboxylic acid groups (broad SMARTS) is 1. The lowest BCUT2D eigenvalue weighted by Gasteiger charge is -2.26. The van der Waals surface area contributed by atoms with Crippen LogP contribution in [0.15, 0.2) is 24.3 Å². The van der Waals surface area contributed by atoms with Crippen LogP contribution in [0.3, 0.4) is 0 Å². The molecule has 0 aliphatic carbocycles. The third kappa shape index (κ3) is 3.81. The molecule has 0 aromatic heterocycles. The molecule has 0 fully saturated rings. The first kappa shape index (κ1) is 14.1. The Kier molecular flexibility index (Phi) is 4.38. The number of benzene rings is 1. The Morgan fingerprint density at radius 1 is 1.56 bits per heavy atom. The Morgan fingerprint density at radius 3 is 2.72 bits per heavy atom. The number of nitrogens with zero attached hydrogens (tertiary/aromatic N) is 1. The van der Waals surface area contributed by atoms with Crippen LogP contribution in [0.1, 0.15) is 25.3 Å². The lowest BCUT2D eigenvalue weighted by molar-refractivity contribution is -0.384. The Labute approximate surface area is 105 Å². The summed E-state index contributed by atoms with van der Waals surface area (Å²) in [5.41, 5.74) is 5.79. The van der Waals surface area contributed by atoms with E-state index in [9.17, 15) is 14.9 Å². The zero-order chi connectivity index (χ0) is 13.8. The highest BCUT2D eigenvalue weighted by Crippen LogP contribution is 2.21. The summed E-state index contributed by atoms with van der Waals surface area (Å²) in [6.45, 7) is 1.81. The number of hydrogen-bond acceptors (Lipinski definition) is 4. The molecule has 0 bridgehead atoms. The molecule has 0 unspecified atom stereocenters. The number of aliphatic carboxylic acids is 1. The minimum absolute atomic E-state index is 0.0127. The van der Waals surface area contributed by atoms with E-state index in [4.69, 9.17) is 10.8 Å². The molecule has 0 saturated heterocycles. The van der Waals surface area contributed by atoms with Crippen LogP contribution in [0.4, 0.5) is 5.69 Å². The number of non-ortho nitro benzene ring substituents is 1. The van der Waals surface area contributed by atoms with Gasteiger partial charge >= 0.3 is 5.97 Å². The van der Waals surface area contributed by atoms with Gasteiger partial charge in [-0.1, -0.05) is 19.1 Å². The van der Waals surface area contributed by atoms with Gasteiger partial charge in [0.1, 0.15) is 0 Å². The zero-order valence-electron chi connectivity index (χ0n) is 10.1. The van der Waals surface area contributed by atoms with Crippen molar-refractivity contribution in [2.75, 3.05) is 0 Å². The molecule has 0 spiro atoms. The van der Waals surface area contributed by atoms with Crippen LogP contribution in [0.5, 0.6) is 0 Å².